The maximum atomic E-state index is 6.17. The predicted molar refractivity (Wildman–Crippen MR) is 100 cm³/mol. The Kier molecular flexibility index (Phi) is 6.45. The summed E-state index contributed by atoms with van der Waals surface area (Å²) in [6.45, 7) is 3.31. The van der Waals surface area contributed by atoms with Gasteiger partial charge in [-0.05, 0) is 31.5 Å². The molecule has 2 aromatic heterocycles. The van der Waals surface area contributed by atoms with Crippen LogP contribution in [0.4, 0.5) is 5.82 Å². The normalized spacial score (nSPS) is 16.0. The zero-order valence-corrected chi connectivity index (χ0v) is 15.8. The zero-order valence-electron chi connectivity index (χ0n) is 15.0. The Bertz CT molecular complexity index is 685. The van der Waals surface area contributed by atoms with E-state index < -0.39 is 0 Å². The molecule has 0 radical (unpaired) electrons. The number of aromatic nitrogens is 4. The van der Waals surface area contributed by atoms with E-state index in [0.29, 0.717) is 6.04 Å². The molecule has 0 amide bonds. The van der Waals surface area contributed by atoms with E-state index in [1.165, 1.54) is 32.1 Å². The Morgan fingerprint density at radius 2 is 2.08 bits per heavy atom. The van der Waals surface area contributed by atoms with Crippen LogP contribution in [0.25, 0.3) is 11.2 Å². The van der Waals surface area contributed by atoms with Gasteiger partial charge in [-0.1, -0.05) is 19.3 Å². The van der Waals surface area contributed by atoms with Crippen molar-refractivity contribution in [3.8, 4) is 0 Å². The van der Waals surface area contributed by atoms with E-state index in [0.717, 1.165) is 43.2 Å². The number of imidazole rings is 1. The fourth-order valence-electron chi connectivity index (χ4n) is 3.26. The Hall–Kier alpha value is -1.44. The average Bonchev–Trinajstić information content (AvgIpc) is 3.02. The van der Waals surface area contributed by atoms with Crippen molar-refractivity contribution in [2.45, 2.75) is 44.7 Å². The largest absolute Gasteiger partial charge is 0.383 e. The van der Waals surface area contributed by atoms with E-state index in [9.17, 15) is 0 Å². The lowest BCUT2D eigenvalue weighted by atomic mass is 9.95. The highest BCUT2D eigenvalue weighted by Crippen LogP contribution is 2.25. The summed E-state index contributed by atoms with van der Waals surface area (Å²) in [7, 11) is 3.80. The van der Waals surface area contributed by atoms with Gasteiger partial charge in [-0.3, -0.25) is 0 Å². The van der Waals surface area contributed by atoms with Crippen LogP contribution in [0.1, 0.15) is 32.1 Å². The van der Waals surface area contributed by atoms with Crippen LogP contribution in [-0.2, 0) is 11.3 Å². The Morgan fingerprint density at radius 1 is 1.28 bits per heavy atom. The number of hydrogen-bond acceptors (Lipinski definition) is 6. The molecule has 3 rings (SSSR count). The third-order valence-corrected chi connectivity index (χ3v) is 4.95. The second-order valence-corrected chi connectivity index (χ2v) is 7.06. The zero-order chi connectivity index (χ0) is 17.6. The lowest BCUT2D eigenvalue weighted by molar-refractivity contribution is 0.159. The van der Waals surface area contributed by atoms with Crippen molar-refractivity contribution < 1.29 is 4.74 Å². The maximum Gasteiger partial charge on any atom is 0.226 e. The molecule has 1 fully saturated rings. The molecule has 2 aromatic rings. The number of fused-ring (bicyclic) bond motifs is 1. The number of ether oxygens (including phenoxy) is 1. The molecule has 1 saturated carbocycles. The van der Waals surface area contributed by atoms with Crippen molar-refractivity contribution in [2.75, 3.05) is 39.2 Å². The molecule has 1 N–H and O–H groups in total. The highest BCUT2D eigenvalue weighted by Gasteiger charge is 2.18. The number of nitrogens with zero attached hydrogens (tertiary/aromatic N) is 5. The molecule has 1 aliphatic carbocycles. The van der Waals surface area contributed by atoms with Gasteiger partial charge in [0.15, 0.2) is 17.0 Å². The number of methoxy groups -OCH3 is 1. The summed E-state index contributed by atoms with van der Waals surface area (Å²) in [5.41, 5.74) is 1.59. The fraction of sp³-hybridized carbons (Fsp3) is 0.706. The number of halogens is 1. The van der Waals surface area contributed by atoms with Crippen molar-refractivity contribution in [3.05, 3.63) is 11.6 Å². The van der Waals surface area contributed by atoms with Gasteiger partial charge in [0.05, 0.1) is 12.9 Å². The minimum atomic E-state index is 0.264. The Labute approximate surface area is 153 Å². The maximum absolute atomic E-state index is 6.17. The van der Waals surface area contributed by atoms with Gasteiger partial charge in [0, 0.05) is 32.8 Å². The third-order valence-electron chi connectivity index (χ3n) is 4.78. The minimum absolute atomic E-state index is 0.264. The molecule has 0 spiro atoms. The van der Waals surface area contributed by atoms with Crippen molar-refractivity contribution in [3.63, 3.8) is 0 Å². The first-order chi connectivity index (χ1) is 12.2. The van der Waals surface area contributed by atoms with Crippen molar-refractivity contribution in [1.82, 2.24) is 24.4 Å². The Morgan fingerprint density at radius 3 is 2.84 bits per heavy atom. The first kappa shape index (κ1) is 18.4. The summed E-state index contributed by atoms with van der Waals surface area (Å²) in [4.78, 5) is 15.5. The van der Waals surface area contributed by atoms with E-state index in [4.69, 9.17) is 16.3 Å². The SMILES string of the molecule is COCCN(C)CCn1cnc2c(NC3CCCCC3)nc(Cl)nc21. The van der Waals surface area contributed by atoms with E-state index >= 15 is 0 Å². The molecule has 0 unspecified atom stereocenters. The fourth-order valence-corrected chi connectivity index (χ4v) is 3.42. The van der Waals surface area contributed by atoms with Crippen LogP contribution >= 0.6 is 11.6 Å². The Balaban J connectivity index is 1.73. The molecule has 138 valence electrons. The van der Waals surface area contributed by atoms with Crippen LogP contribution in [-0.4, -0.2) is 64.3 Å². The molecular formula is C17H27ClN6O. The van der Waals surface area contributed by atoms with Crippen LogP contribution in [0.5, 0.6) is 0 Å². The summed E-state index contributed by atoms with van der Waals surface area (Å²) in [6, 6.07) is 0.452. The predicted octanol–water partition coefficient (Wildman–Crippen LogP) is 2.80. The monoisotopic (exact) mass is 366 g/mol. The van der Waals surface area contributed by atoms with Crippen LogP contribution in [0.15, 0.2) is 6.33 Å². The molecular weight excluding hydrogens is 340 g/mol. The highest BCUT2D eigenvalue weighted by atomic mass is 35.5. The first-order valence-electron chi connectivity index (χ1n) is 9.00. The summed E-state index contributed by atoms with van der Waals surface area (Å²) in [6.07, 6.45) is 8.03. The standard InChI is InChI=1S/C17H27ClN6O/c1-23(10-11-25-2)8-9-24-12-19-14-15(21-17(18)22-16(14)24)20-13-6-4-3-5-7-13/h12-13H,3-11H2,1-2H3,(H,20,21,22). The summed E-state index contributed by atoms with van der Waals surface area (Å²) >= 11 is 6.17. The van der Waals surface area contributed by atoms with Crippen molar-refractivity contribution in [1.29, 1.82) is 0 Å². The van der Waals surface area contributed by atoms with Gasteiger partial charge in [-0.15, -0.1) is 0 Å². The van der Waals surface area contributed by atoms with E-state index in [1.54, 1.807) is 7.11 Å². The lowest BCUT2D eigenvalue weighted by Crippen LogP contribution is -2.26. The number of hydrogen-bond donors (Lipinski definition) is 1. The van der Waals surface area contributed by atoms with E-state index in [2.05, 4.69) is 32.2 Å². The van der Waals surface area contributed by atoms with Gasteiger partial charge in [0.25, 0.3) is 0 Å². The molecule has 25 heavy (non-hydrogen) atoms. The van der Waals surface area contributed by atoms with Crippen LogP contribution < -0.4 is 5.32 Å². The van der Waals surface area contributed by atoms with Crippen LogP contribution in [0.2, 0.25) is 5.28 Å². The van der Waals surface area contributed by atoms with Gasteiger partial charge >= 0.3 is 0 Å². The lowest BCUT2D eigenvalue weighted by Gasteiger charge is -2.23. The smallest absolute Gasteiger partial charge is 0.226 e. The van der Waals surface area contributed by atoms with Gasteiger partial charge in [0.2, 0.25) is 5.28 Å². The third kappa shape index (κ3) is 4.80. The molecule has 0 atom stereocenters. The number of nitrogens with one attached hydrogen (secondary N) is 1. The summed E-state index contributed by atoms with van der Waals surface area (Å²) in [5.74, 6) is 0.758. The molecule has 0 aliphatic heterocycles. The van der Waals surface area contributed by atoms with Gasteiger partial charge in [0.1, 0.15) is 0 Å². The second-order valence-electron chi connectivity index (χ2n) is 6.73. The average molecular weight is 367 g/mol. The number of anilines is 1. The highest BCUT2D eigenvalue weighted by molar-refractivity contribution is 6.28. The first-order valence-corrected chi connectivity index (χ1v) is 9.37. The molecule has 0 bridgehead atoms. The molecule has 0 aromatic carbocycles. The molecule has 1 aliphatic rings. The van der Waals surface area contributed by atoms with Crippen LogP contribution in [0, 0.1) is 0 Å². The molecule has 2 heterocycles. The number of likely N-dealkylation sites (N-methyl/N-ethyl adjacent to an activating group) is 1. The van der Waals surface area contributed by atoms with E-state index in [-0.39, 0.29) is 5.28 Å². The van der Waals surface area contributed by atoms with E-state index in [1.807, 2.05) is 10.9 Å². The molecule has 0 saturated heterocycles. The van der Waals surface area contributed by atoms with Crippen LogP contribution in [0.3, 0.4) is 0 Å². The summed E-state index contributed by atoms with van der Waals surface area (Å²) in [5, 5.41) is 3.80. The van der Waals surface area contributed by atoms with Gasteiger partial charge in [-0.2, -0.15) is 9.97 Å². The quantitative estimate of drug-likeness (QED) is 0.724. The topological polar surface area (TPSA) is 68.1 Å². The van der Waals surface area contributed by atoms with Crippen molar-refractivity contribution in [2.24, 2.45) is 0 Å². The van der Waals surface area contributed by atoms with Crippen molar-refractivity contribution >= 4 is 28.6 Å². The molecule has 8 heteroatoms. The van der Waals surface area contributed by atoms with Gasteiger partial charge in [-0.25, -0.2) is 4.98 Å². The number of rotatable bonds is 8. The second kappa shape index (κ2) is 8.78. The summed E-state index contributed by atoms with van der Waals surface area (Å²) < 4.78 is 7.16. The van der Waals surface area contributed by atoms with Gasteiger partial charge < -0.3 is 19.5 Å². The molecule has 7 nitrogen and oxygen atoms in total. The minimum Gasteiger partial charge on any atom is -0.383 e.